The lowest BCUT2D eigenvalue weighted by molar-refractivity contribution is -0.194. The standard InChI is InChI=1S/C18H25BrN2O5/c1-23-15-10-14(19)16(24-2)9-13(15)3-5-20-17(22)26-8-7-21-6-4-18(21)11-25-12-18/h9-10H,3-8,11-12H2,1-2H3,(H,20,22). The second-order valence-electron chi connectivity index (χ2n) is 6.57. The molecule has 2 aliphatic heterocycles. The molecule has 3 rings (SSSR count). The van der Waals surface area contributed by atoms with Crippen molar-refractivity contribution in [2.45, 2.75) is 18.4 Å². The van der Waals surface area contributed by atoms with E-state index < -0.39 is 6.09 Å². The van der Waals surface area contributed by atoms with Crippen LogP contribution >= 0.6 is 15.9 Å². The van der Waals surface area contributed by atoms with Gasteiger partial charge in [0, 0.05) is 19.6 Å². The van der Waals surface area contributed by atoms with Crippen LogP contribution in [0.5, 0.6) is 11.5 Å². The Bertz CT molecular complexity index is 645. The van der Waals surface area contributed by atoms with E-state index >= 15 is 0 Å². The van der Waals surface area contributed by atoms with Crippen molar-refractivity contribution in [1.82, 2.24) is 10.2 Å². The van der Waals surface area contributed by atoms with E-state index in [1.807, 2.05) is 12.1 Å². The highest BCUT2D eigenvalue weighted by Gasteiger charge is 2.50. The molecule has 26 heavy (non-hydrogen) atoms. The smallest absolute Gasteiger partial charge is 0.407 e. The SMILES string of the molecule is COc1cc(CCNC(=O)OCCN2CCC23COC3)c(OC)cc1Br. The molecule has 0 bridgehead atoms. The summed E-state index contributed by atoms with van der Waals surface area (Å²) >= 11 is 3.44. The molecule has 0 unspecified atom stereocenters. The third-order valence-electron chi connectivity index (χ3n) is 5.07. The first-order chi connectivity index (χ1) is 12.6. The van der Waals surface area contributed by atoms with E-state index in [4.69, 9.17) is 18.9 Å². The van der Waals surface area contributed by atoms with Gasteiger partial charge in [0.05, 0.1) is 37.4 Å². The van der Waals surface area contributed by atoms with Gasteiger partial charge in [-0.05, 0) is 46.5 Å². The fraction of sp³-hybridized carbons (Fsp3) is 0.611. The summed E-state index contributed by atoms with van der Waals surface area (Å²) in [7, 11) is 3.24. The van der Waals surface area contributed by atoms with E-state index in [9.17, 15) is 4.79 Å². The molecule has 1 aromatic rings. The van der Waals surface area contributed by atoms with E-state index in [2.05, 4.69) is 26.1 Å². The average molecular weight is 429 g/mol. The largest absolute Gasteiger partial charge is 0.496 e. The van der Waals surface area contributed by atoms with Crippen molar-refractivity contribution in [3.05, 3.63) is 22.2 Å². The van der Waals surface area contributed by atoms with Gasteiger partial charge in [-0.25, -0.2) is 4.79 Å². The Kier molecular flexibility index (Phi) is 6.26. The molecule has 1 amide bonds. The van der Waals surface area contributed by atoms with Crippen LogP contribution < -0.4 is 14.8 Å². The second kappa shape index (κ2) is 8.45. The summed E-state index contributed by atoms with van der Waals surface area (Å²) in [5.41, 5.74) is 1.19. The first kappa shape index (κ1) is 19.3. The third-order valence-corrected chi connectivity index (χ3v) is 5.69. The van der Waals surface area contributed by atoms with Crippen molar-refractivity contribution in [2.24, 2.45) is 0 Å². The minimum Gasteiger partial charge on any atom is -0.496 e. The van der Waals surface area contributed by atoms with E-state index in [-0.39, 0.29) is 5.54 Å². The van der Waals surface area contributed by atoms with Crippen LogP contribution in [-0.2, 0) is 15.9 Å². The summed E-state index contributed by atoms with van der Waals surface area (Å²) in [6, 6.07) is 3.76. The van der Waals surface area contributed by atoms with E-state index in [1.165, 1.54) is 6.42 Å². The Morgan fingerprint density at radius 3 is 2.65 bits per heavy atom. The molecule has 2 aliphatic rings. The maximum Gasteiger partial charge on any atom is 0.407 e. The summed E-state index contributed by atoms with van der Waals surface area (Å²) in [6.45, 7) is 4.27. The van der Waals surface area contributed by atoms with Crippen LogP contribution in [0.2, 0.25) is 0 Å². The predicted molar refractivity (Wildman–Crippen MR) is 100 cm³/mol. The number of rotatable bonds is 8. The lowest BCUT2D eigenvalue weighted by atomic mass is 9.83. The van der Waals surface area contributed by atoms with Crippen LogP contribution in [0.4, 0.5) is 4.79 Å². The average Bonchev–Trinajstić information content (AvgIpc) is 2.57. The Morgan fingerprint density at radius 1 is 1.31 bits per heavy atom. The van der Waals surface area contributed by atoms with Gasteiger partial charge in [-0.1, -0.05) is 0 Å². The van der Waals surface area contributed by atoms with Crippen molar-refractivity contribution in [3.63, 3.8) is 0 Å². The minimum absolute atomic E-state index is 0.233. The zero-order valence-corrected chi connectivity index (χ0v) is 16.8. The van der Waals surface area contributed by atoms with Gasteiger partial charge in [-0.15, -0.1) is 0 Å². The van der Waals surface area contributed by atoms with Crippen LogP contribution in [0.1, 0.15) is 12.0 Å². The van der Waals surface area contributed by atoms with Gasteiger partial charge in [0.25, 0.3) is 0 Å². The fourth-order valence-electron chi connectivity index (χ4n) is 3.32. The van der Waals surface area contributed by atoms with Crippen molar-refractivity contribution in [3.8, 4) is 11.5 Å². The van der Waals surface area contributed by atoms with Gasteiger partial charge in [-0.2, -0.15) is 0 Å². The molecule has 0 saturated carbocycles. The molecule has 0 aliphatic carbocycles. The summed E-state index contributed by atoms with van der Waals surface area (Å²) in [5, 5.41) is 2.78. The normalized spacial score (nSPS) is 18.0. The van der Waals surface area contributed by atoms with Crippen LogP contribution in [0, 0.1) is 0 Å². The predicted octanol–water partition coefficient (Wildman–Crippen LogP) is 2.21. The Morgan fingerprint density at radius 2 is 2.08 bits per heavy atom. The Hall–Kier alpha value is -1.51. The highest BCUT2D eigenvalue weighted by molar-refractivity contribution is 9.10. The fourth-order valence-corrected chi connectivity index (χ4v) is 3.80. The number of methoxy groups -OCH3 is 2. The Balaban J connectivity index is 1.38. The van der Waals surface area contributed by atoms with E-state index in [1.54, 1.807) is 14.2 Å². The third kappa shape index (κ3) is 4.07. The lowest BCUT2D eigenvalue weighted by Gasteiger charge is -2.57. The van der Waals surface area contributed by atoms with Crippen molar-refractivity contribution in [1.29, 1.82) is 0 Å². The molecule has 2 heterocycles. The molecule has 144 valence electrons. The number of carbonyl (C=O) groups excluding carboxylic acids is 1. The van der Waals surface area contributed by atoms with Crippen LogP contribution in [0.15, 0.2) is 16.6 Å². The molecular formula is C18H25BrN2O5. The first-order valence-corrected chi connectivity index (χ1v) is 9.51. The second-order valence-corrected chi connectivity index (χ2v) is 7.42. The summed E-state index contributed by atoms with van der Waals surface area (Å²) < 4.78 is 22.1. The van der Waals surface area contributed by atoms with Gasteiger partial charge in [0.15, 0.2) is 0 Å². The van der Waals surface area contributed by atoms with Crippen LogP contribution in [-0.4, -0.2) is 70.2 Å². The van der Waals surface area contributed by atoms with Gasteiger partial charge in [0.2, 0.25) is 0 Å². The zero-order chi connectivity index (χ0) is 18.6. The number of nitrogens with one attached hydrogen (secondary N) is 1. The van der Waals surface area contributed by atoms with Gasteiger partial charge >= 0.3 is 6.09 Å². The van der Waals surface area contributed by atoms with Gasteiger partial charge in [-0.3, -0.25) is 4.90 Å². The lowest BCUT2D eigenvalue weighted by Crippen LogP contribution is -2.71. The van der Waals surface area contributed by atoms with Crippen molar-refractivity contribution >= 4 is 22.0 Å². The van der Waals surface area contributed by atoms with E-state index in [0.717, 1.165) is 47.8 Å². The monoisotopic (exact) mass is 428 g/mol. The molecule has 7 nitrogen and oxygen atoms in total. The molecule has 8 heteroatoms. The number of halogens is 1. The number of likely N-dealkylation sites (tertiary alicyclic amines) is 1. The quantitative estimate of drug-likeness (QED) is 0.684. The maximum atomic E-state index is 11.9. The van der Waals surface area contributed by atoms with Crippen LogP contribution in [0.3, 0.4) is 0 Å². The number of nitrogens with zero attached hydrogens (tertiary/aromatic N) is 1. The number of hydrogen-bond donors (Lipinski definition) is 1. The highest BCUT2D eigenvalue weighted by atomic mass is 79.9. The molecule has 1 N–H and O–H groups in total. The molecule has 1 aromatic carbocycles. The highest BCUT2D eigenvalue weighted by Crippen LogP contribution is 2.36. The maximum absolute atomic E-state index is 11.9. The molecule has 2 saturated heterocycles. The van der Waals surface area contributed by atoms with Gasteiger partial charge in [0.1, 0.15) is 18.1 Å². The van der Waals surface area contributed by atoms with Crippen LogP contribution in [0.25, 0.3) is 0 Å². The molecule has 1 spiro atoms. The molecule has 0 atom stereocenters. The topological polar surface area (TPSA) is 69.3 Å². The van der Waals surface area contributed by atoms with Crippen molar-refractivity contribution in [2.75, 3.05) is 53.7 Å². The number of ether oxygens (including phenoxy) is 4. The zero-order valence-electron chi connectivity index (χ0n) is 15.2. The van der Waals surface area contributed by atoms with Crippen molar-refractivity contribution < 1.29 is 23.7 Å². The summed E-state index contributed by atoms with van der Waals surface area (Å²) in [6.07, 6.45) is 1.40. The summed E-state index contributed by atoms with van der Waals surface area (Å²) in [4.78, 5) is 14.2. The van der Waals surface area contributed by atoms with Gasteiger partial charge < -0.3 is 24.3 Å². The minimum atomic E-state index is -0.396. The molecule has 2 fully saturated rings. The molecule has 0 radical (unpaired) electrons. The number of amides is 1. The molecule has 0 aromatic heterocycles. The first-order valence-electron chi connectivity index (χ1n) is 8.72. The Labute approximate surface area is 162 Å². The number of alkyl carbamates (subject to hydrolysis) is 1. The number of benzene rings is 1. The summed E-state index contributed by atoms with van der Waals surface area (Å²) in [5.74, 6) is 1.48. The number of carbonyl (C=O) groups is 1. The number of hydrogen-bond acceptors (Lipinski definition) is 6. The molecular weight excluding hydrogens is 404 g/mol. The van der Waals surface area contributed by atoms with E-state index in [0.29, 0.717) is 19.6 Å².